The minimum atomic E-state index is -0.770. The Kier molecular flexibility index (Phi) is 4.68. The topological polar surface area (TPSA) is 117 Å². The zero-order chi connectivity index (χ0) is 19.7. The molecule has 1 amide bonds. The molecule has 0 aliphatic heterocycles. The molecule has 0 atom stereocenters. The number of carbonyl (C=O) groups is 2. The molecule has 0 radical (unpaired) electrons. The van der Waals surface area contributed by atoms with Gasteiger partial charge in [0.1, 0.15) is 0 Å². The van der Waals surface area contributed by atoms with Crippen molar-refractivity contribution < 1.29 is 24.2 Å². The van der Waals surface area contributed by atoms with E-state index in [-0.39, 0.29) is 23.4 Å². The first kappa shape index (κ1) is 18.2. The largest absolute Gasteiger partial charge is 0.504 e. The number of ketones is 1. The molecule has 2 aromatic carbocycles. The standard InChI is InChI=1S/C20H17NO6/c1-10-14-6-7-16(23)18(25)19(14)27-20(26)15(10)9-17(24)21-13-5-3-4-12(8-13)11(2)22/h3-8,23,25H,9H2,1-2H3,(H,21,24). The van der Waals surface area contributed by atoms with Crippen molar-refractivity contribution in [2.24, 2.45) is 0 Å². The predicted molar refractivity (Wildman–Crippen MR) is 99.3 cm³/mol. The van der Waals surface area contributed by atoms with E-state index < -0.39 is 23.0 Å². The number of hydrogen-bond donors (Lipinski definition) is 3. The molecule has 7 heteroatoms. The summed E-state index contributed by atoms with van der Waals surface area (Å²) in [4.78, 5) is 36.1. The number of hydrogen-bond acceptors (Lipinski definition) is 6. The lowest BCUT2D eigenvalue weighted by atomic mass is 10.0. The summed E-state index contributed by atoms with van der Waals surface area (Å²) in [5.41, 5.74) is 0.629. The normalized spacial score (nSPS) is 10.7. The van der Waals surface area contributed by atoms with Crippen molar-refractivity contribution in [1.29, 1.82) is 0 Å². The molecule has 3 aromatic rings. The molecule has 27 heavy (non-hydrogen) atoms. The van der Waals surface area contributed by atoms with E-state index in [9.17, 15) is 24.6 Å². The maximum atomic E-state index is 12.4. The van der Waals surface area contributed by atoms with Gasteiger partial charge in [-0.3, -0.25) is 9.59 Å². The van der Waals surface area contributed by atoms with Crippen molar-refractivity contribution in [2.45, 2.75) is 20.3 Å². The van der Waals surface area contributed by atoms with E-state index in [0.717, 1.165) is 0 Å². The van der Waals surface area contributed by atoms with Gasteiger partial charge in [0, 0.05) is 16.6 Å². The molecule has 0 aliphatic carbocycles. The van der Waals surface area contributed by atoms with Crippen LogP contribution < -0.4 is 10.9 Å². The van der Waals surface area contributed by atoms with Crippen LogP contribution in [-0.2, 0) is 11.2 Å². The van der Waals surface area contributed by atoms with Crippen molar-refractivity contribution in [3.8, 4) is 11.5 Å². The molecule has 1 heterocycles. The lowest BCUT2D eigenvalue weighted by molar-refractivity contribution is -0.115. The molecule has 0 saturated carbocycles. The quantitative estimate of drug-likeness (QED) is 0.371. The zero-order valence-electron chi connectivity index (χ0n) is 14.7. The Morgan fingerprint density at radius 3 is 2.59 bits per heavy atom. The van der Waals surface area contributed by atoms with E-state index in [2.05, 4.69) is 5.32 Å². The molecule has 1 aromatic heterocycles. The van der Waals surface area contributed by atoms with Crippen LogP contribution >= 0.6 is 0 Å². The van der Waals surface area contributed by atoms with Gasteiger partial charge < -0.3 is 19.9 Å². The molecule has 3 N–H and O–H groups in total. The van der Waals surface area contributed by atoms with Crippen LogP contribution in [0.2, 0.25) is 0 Å². The summed E-state index contributed by atoms with van der Waals surface area (Å²) in [6, 6.07) is 9.26. The maximum absolute atomic E-state index is 12.4. The van der Waals surface area contributed by atoms with Crippen molar-refractivity contribution in [1.82, 2.24) is 0 Å². The van der Waals surface area contributed by atoms with Gasteiger partial charge in [-0.2, -0.15) is 0 Å². The summed E-state index contributed by atoms with van der Waals surface area (Å²) in [6.45, 7) is 3.06. The van der Waals surface area contributed by atoms with Crippen LogP contribution in [0.15, 0.2) is 45.6 Å². The SMILES string of the molecule is CC(=O)c1cccc(NC(=O)Cc2c(C)c3ccc(O)c(O)c3oc2=O)c1. The van der Waals surface area contributed by atoms with Crippen molar-refractivity contribution in [2.75, 3.05) is 5.32 Å². The van der Waals surface area contributed by atoms with Crippen LogP contribution in [0.4, 0.5) is 5.69 Å². The molecule has 0 spiro atoms. The Bertz CT molecular complexity index is 1130. The number of nitrogens with one attached hydrogen (secondary N) is 1. The number of aryl methyl sites for hydroxylation is 1. The fraction of sp³-hybridized carbons (Fsp3) is 0.150. The first-order chi connectivity index (χ1) is 12.8. The van der Waals surface area contributed by atoms with Crippen molar-refractivity contribution in [3.05, 3.63) is 63.5 Å². The number of fused-ring (bicyclic) bond motifs is 1. The molecule has 0 unspecified atom stereocenters. The maximum Gasteiger partial charge on any atom is 0.340 e. The number of anilines is 1. The summed E-state index contributed by atoms with van der Waals surface area (Å²) < 4.78 is 5.10. The van der Waals surface area contributed by atoms with Gasteiger partial charge in [-0.1, -0.05) is 12.1 Å². The van der Waals surface area contributed by atoms with Gasteiger partial charge in [0.05, 0.1) is 12.0 Å². The average Bonchev–Trinajstić information content (AvgIpc) is 2.62. The highest BCUT2D eigenvalue weighted by molar-refractivity contribution is 5.98. The second kappa shape index (κ2) is 6.95. The monoisotopic (exact) mass is 367 g/mol. The Balaban J connectivity index is 1.91. The van der Waals surface area contributed by atoms with Gasteiger partial charge in [0.2, 0.25) is 11.7 Å². The Morgan fingerprint density at radius 2 is 1.89 bits per heavy atom. The van der Waals surface area contributed by atoms with Crippen LogP contribution in [0, 0.1) is 6.92 Å². The fourth-order valence-corrected chi connectivity index (χ4v) is 2.82. The van der Waals surface area contributed by atoms with Gasteiger partial charge in [-0.25, -0.2) is 4.79 Å². The Labute approximate surface area is 153 Å². The number of aromatic hydroxyl groups is 2. The molecule has 0 fully saturated rings. The van der Waals surface area contributed by atoms with Crippen LogP contribution in [0.1, 0.15) is 28.4 Å². The Hall–Kier alpha value is -3.61. The minimum absolute atomic E-state index is 0.125. The number of phenolic OH excluding ortho intramolecular Hbond substituents is 2. The van der Waals surface area contributed by atoms with E-state index >= 15 is 0 Å². The van der Waals surface area contributed by atoms with Crippen LogP contribution in [-0.4, -0.2) is 21.9 Å². The van der Waals surface area contributed by atoms with E-state index in [0.29, 0.717) is 22.2 Å². The van der Waals surface area contributed by atoms with Crippen LogP contribution in [0.3, 0.4) is 0 Å². The van der Waals surface area contributed by atoms with E-state index in [4.69, 9.17) is 4.42 Å². The van der Waals surface area contributed by atoms with Crippen LogP contribution in [0.25, 0.3) is 11.0 Å². The third-order valence-electron chi connectivity index (χ3n) is 4.30. The fourth-order valence-electron chi connectivity index (χ4n) is 2.82. The molecule has 0 aliphatic rings. The summed E-state index contributed by atoms with van der Waals surface area (Å²) >= 11 is 0. The van der Waals surface area contributed by atoms with Gasteiger partial charge in [-0.15, -0.1) is 0 Å². The second-order valence-corrected chi connectivity index (χ2v) is 6.16. The van der Waals surface area contributed by atoms with Crippen molar-refractivity contribution in [3.63, 3.8) is 0 Å². The van der Waals surface area contributed by atoms with Gasteiger partial charge in [-0.05, 0) is 43.7 Å². The Morgan fingerprint density at radius 1 is 1.15 bits per heavy atom. The lowest BCUT2D eigenvalue weighted by Crippen LogP contribution is -2.20. The number of amides is 1. The number of benzene rings is 2. The molecule has 3 rings (SSSR count). The van der Waals surface area contributed by atoms with Crippen LogP contribution in [0.5, 0.6) is 11.5 Å². The number of rotatable bonds is 4. The van der Waals surface area contributed by atoms with E-state index in [1.165, 1.54) is 19.1 Å². The summed E-state index contributed by atoms with van der Waals surface area (Å²) in [5, 5.41) is 22.5. The van der Waals surface area contributed by atoms with Gasteiger partial charge >= 0.3 is 5.63 Å². The summed E-state index contributed by atoms with van der Waals surface area (Å²) in [6.07, 6.45) is -0.240. The smallest absolute Gasteiger partial charge is 0.340 e. The molecular weight excluding hydrogens is 350 g/mol. The van der Waals surface area contributed by atoms with E-state index in [1.807, 2.05) is 0 Å². The third-order valence-corrected chi connectivity index (χ3v) is 4.30. The zero-order valence-corrected chi connectivity index (χ0v) is 14.7. The van der Waals surface area contributed by atoms with Crippen molar-refractivity contribution >= 4 is 28.3 Å². The van der Waals surface area contributed by atoms with Gasteiger partial charge in [0.15, 0.2) is 17.1 Å². The highest BCUT2D eigenvalue weighted by atomic mass is 16.4. The molecule has 138 valence electrons. The second-order valence-electron chi connectivity index (χ2n) is 6.16. The lowest BCUT2D eigenvalue weighted by Gasteiger charge is -2.10. The average molecular weight is 367 g/mol. The number of phenols is 2. The highest BCUT2D eigenvalue weighted by Gasteiger charge is 2.18. The summed E-state index contributed by atoms with van der Waals surface area (Å²) in [7, 11) is 0. The number of carbonyl (C=O) groups excluding carboxylic acids is 2. The van der Waals surface area contributed by atoms with Gasteiger partial charge in [0.25, 0.3) is 0 Å². The number of Topliss-reactive ketones (excluding diaryl/α,β-unsaturated/α-hetero) is 1. The first-order valence-corrected chi connectivity index (χ1v) is 8.16. The minimum Gasteiger partial charge on any atom is -0.504 e. The molecule has 7 nitrogen and oxygen atoms in total. The highest BCUT2D eigenvalue weighted by Crippen LogP contribution is 2.34. The molecule has 0 bridgehead atoms. The summed E-state index contributed by atoms with van der Waals surface area (Å²) in [5.74, 6) is -1.50. The third kappa shape index (κ3) is 3.52. The van der Waals surface area contributed by atoms with E-state index in [1.54, 1.807) is 31.2 Å². The predicted octanol–water partition coefficient (Wildman–Crippen LogP) is 2.90. The molecular formula is C20H17NO6. The molecule has 0 saturated heterocycles. The first-order valence-electron chi connectivity index (χ1n) is 8.16.